The lowest BCUT2D eigenvalue weighted by Gasteiger charge is -2.07. The lowest BCUT2D eigenvalue weighted by molar-refractivity contribution is -0.384. The zero-order valence-electron chi connectivity index (χ0n) is 7.58. The van der Waals surface area contributed by atoms with Gasteiger partial charge in [0.1, 0.15) is 0 Å². The Bertz CT molecular complexity index is 426. The molecule has 0 spiro atoms. The normalized spacial score (nSPS) is 9.94. The summed E-state index contributed by atoms with van der Waals surface area (Å²) in [6.45, 7) is -0.418. The van der Waals surface area contributed by atoms with Crippen LogP contribution in [0.15, 0.2) is 12.1 Å². The average molecular weight is 284 g/mol. The molecule has 5 nitrogen and oxygen atoms in total. The topological polar surface area (TPSA) is 69.4 Å². The SMILES string of the molecule is O=C(Cl)COc1c(Cl)cc([N+](=O)[O-])cc1Cl. The first-order valence-electron chi connectivity index (χ1n) is 3.86. The van der Waals surface area contributed by atoms with Gasteiger partial charge in [0.2, 0.25) is 0 Å². The minimum Gasteiger partial charge on any atom is -0.481 e. The summed E-state index contributed by atoms with van der Waals surface area (Å²) in [4.78, 5) is 20.3. The van der Waals surface area contributed by atoms with E-state index in [1.54, 1.807) is 0 Å². The van der Waals surface area contributed by atoms with Crippen LogP contribution in [0.5, 0.6) is 5.75 Å². The van der Waals surface area contributed by atoms with Crippen molar-refractivity contribution < 1.29 is 14.5 Å². The Morgan fingerprint density at radius 3 is 2.25 bits per heavy atom. The molecule has 0 aliphatic heterocycles. The van der Waals surface area contributed by atoms with Crippen molar-refractivity contribution in [2.45, 2.75) is 0 Å². The number of carbonyl (C=O) groups is 1. The van der Waals surface area contributed by atoms with Crippen LogP contribution in [0.2, 0.25) is 10.0 Å². The summed E-state index contributed by atoms with van der Waals surface area (Å²) in [5, 5.41) is 9.61. The van der Waals surface area contributed by atoms with Gasteiger partial charge >= 0.3 is 0 Å². The highest BCUT2D eigenvalue weighted by molar-refractivity contribution is 6.64. The number of halogens is 3. The predicted molar refractivity (Wildman–Crippen MR) is 59.5 cm³/mol. The summed E-state index contributed by atoms with van der Waals surface area (Å²) >= 11 is 16.4. The van der Waals surface area contributed by atoms with Gasteiger partial charge in [0.25, 0.3) is 10.9 Å². The number of ether oxygens (including phenoxy) is 1. The summed E-state index contributed by atoms with van der Waals surface area (Å²) < 4.78 is 4.90. The van der Waals surface area contributed by atoms with Crippen LogP contribution in [-0.2, 0) is 4.79 Å². The molecule has 0 aliphatic carbocycles. The van der Waals surface area contributed by atoms with Gasteiger partial charge in [-0.15, -0.1) is 0 Å². The van der Waals surface area contributed by atoms with Crippen LogP contribution in [0.25, 0.3) is 0 Å². The first kappa shape index (κ1) is 13.0. The molecule has 0 unspecified atom stereocenters. The monoisotopic (exact) mass is 283 g/mol. The van der Waals surface area contributed by atoms with E-state index >= 15 is 0 Å². The fourth-order valence-electron chi connectivity index (χ4n) is 0.919. The Hall–Kier alpha value is -1.04. The molecular weight excluding hydrogens is 280 g/mol. The first-order valence-corrected chi connectivity index (χ1v) is 4.99. The number of hydrogen-bond donors (Lipinski definition) is 0. The molecule has 1 aromatic carbocycles. The third-order valence-electron chi connectivity index (χ3n) is 1.52. The molecule has 0 saturated carbocycles. The molecule has 0 fully saturated rings. The van der Waals surface area contributed by atoms with E-state index in [2.05, 4.69) is 0 Å². The molecule has 0 radical (unpaired) electrons. The van der Waals surface area contributed by atoms with Crippen LogP contribution in [0.1, 0.15) is 0 Å². The van der Waals surface area contributed by atoms with E-state index < -0.39 is 16.8 Å². The second kappa shape index (κ2) is 5.34. The van der Waals surface area contributed by atoms with Crippen molar-refractivity contribution in [3.05, 3.63) is 32.3 Å². The third kappa shape index (κ3) is 3.23. The number of carbonyl (C=O) groups excluding carboxylic acids is 1. The molecule has 0 heterocycles. The zero-order chi connectivity index (χ0) is 12.3. The van der Waals surface area contributed by atoms with Gasteiger partial charge in [0.05, 0.1) is 15.0 Å². The maximum atomic E-state index is 10.5. The van der Waals surface area contributed by atoms with Gasteiger partial charge in [0, 0.05) is 12.1 Å². The molecule has 1 aromatic rings. The fourth-order valence-corrected chi connectivity index (χ4v) is 1.56. The molecule has 16 heavy (non-hydrogen) atoms. The van der Waals surface area contributed by atoms with Gasteiger partial charge in [-0.25, -0.2) is 0 Å². The quantitative estimate of drug-likeness (QED) is 0.484. The highest BCUT2D eigenvalue weighted by Gasteiger charge is 2.16. The van der Waals surface area contributed by atoms with Gasteiger partial charge < -0.3 is 4.74 Å². The molecule has 0 aliphatic rings. The number of rotatable bonds is 4. The van der Waals surface area contributed by atoms with Crippen LogP contribution in [0.3, 0.4) is 0 Å². The van der Waals surface area contributed by atoms with Gasteiger partial charge in [-0.1, -0.05) is 23.2 Å². The number of benzene rings is 1. The largest absolute Gasteiger partial charge is 0.481 e. The zero-order valence-corrected chi connectivity index (χ0v) is 9.84. The maximum Gasteiger partial charge on any atom is 0.272 e. The van der Waals surface area contributed by atoms with Crippen molar-refractivity contribution in [3.8, 4) is 5.75 Å². The summed E-state index contributed by atoms with van der Waals surface area (Å²) in [5.41, 5.74) is -0.264. The third-order valence-corrected chi connectivity index (χ3v) is 2.19. The van der Waals surface area contributed by atoms with E-state index in [1.165, 1.54) is 0 Å². The van der Waals surface area contributed by atoms with Crippen molar-refractivity contribution in [3.63, 3.8) is 0 Å². The van der Waals surface area contributed by atoms with E-state index in [0.29, 0.717) is 0 Å². The first-order chi connectivity index (χ1) is 7.41. The molecule has 0 bridgehead atoms. The molecule has 0 amide bonds. The number of nitrogens with zero attached hydrogens (tertiary/aromatic N) is 1. The van der Waals surface area contributed by atoms with E-state index in [4.69, 9.17) is 39.5 Å². The fraction of sp³-hybridized carbons (Fsp3) is 0.125. The van der Waals surface area contributed by atoms with Crippen molar-refractivity contribution in [1.82, 2.24) is 0 Å². The van der Waals surface area contributed by atoms with Crippen LogP contribution < -0.4 is 4.74 Å². The Labute approximate surface area is 105 Å². The lowest BCUT2D eigenvalue weighted by Crippen LogP contribution is -2.05. The summed E-state index contributed by atoms with van der Waals surface area (Å²) in [7, 11) is 0. The molecule has 0 saturated heterocycles. The molecular formula is C8H4Cl3NO4. The maximum absolute atomic E-state index is 10.5. The van der Waals surface area contributed by atoms with E-state index in [1.807, 2.05) is 0 Å². The predicted octanol–water partition coefficient (Wildman–Crippen LogP) is 3.05. The molecule has 1 rings (SSSR count). The Morgan fingerprint density at radius 1 is 1.38 bits per heavy atom. The molecule has 0 N–H and O–H groups in total. The van der Waals surface area contributed by atoms with Crippen LogP contribution in [0.4, 0.5) is 5.69 Å². The smallest absolute Gasteiger partial charge is 0.272 e. The highest BCUT2D eigenvalue weighted by Crippen LogP contribution is 2.36. The van der Waals surface area contributed by atoms with E-state index in [0.717, 1.165) is 12.1 Å². The van der Waals surface area contributed by atoms with E-state index in [-0.39, 0.29) is 21.5 Å². The summed E-state index contributed by atoms with van der Waals surface area (Å²) in [6.07, 6.45) is 0. The van der Waals surface area contributed by atoms with Crippen molar-refractivity contribution >= 4 is 45.7 Å². The van der Waals surface area contributed by atoms with Crippen molar-refractivity contribution in [2.24, 2.45) is 0 Å². The van der Waals surface area contributed by atoms with Crippen LogP contribution >= 0.6 is 34.8 Å². The molecule has 0 aromatic heterocycles. The van der Waals surface area contributed by atoms with Gasteiger partial charge in [-0.2, -0.15) is 0 Å². The summed E-state index contributed by atoms with van der Waals surface area (Å²) in [5.74, 6) is -0.0112. The highest BCUT2D eigenvalue weighted by atomic mass is 35.5. The van der Waals surface area contributed by atoms with Gasteiger partial charge in [0.15, 0.2) is 12.4 Å². The Kier molecular flexibility index (Phi) is 4.35. The van der Waals surface area contributed by atoms with Crippen molar-refractivity contribution in [1.29, 1.82) is 0 Å². The molecule has 86 valence electrons. The average Bonchev–Trinajstić information content (AvgIpc) is 2.15. The standard InChI is InChI=1S/C8H4Cl3NO4/c9-5-1-4(12(14)15)2-6(10)8(5)16-3-7(11)13/h1-2H,3H2. The van der Waals surface area contributed by atoms with Gasteiger partial charge in [-0.3, -0.25) is 14.9 Å². The minimum atomic E-state index is -0.731. The second-order valence-electron chi connectivity index (χ2n) is 2.64. The summed E-state index contributed by atoms with van der Waals surface area (Å²) in [6, 6.07) is 2.14. The Balaban J connectivity index is 3.03. The number of nitro benzene ring substituents is 1. The number of non-ortho nitro benzene ring substituents is 1. The molecule has 0 atom stereocenters. The van der Waals surface area contributed by atoms with E-state index in [9.17, 15) is 14.9 Å². The Morgan fingerprint density at radius 2 is 1.88 bits per heavy atom. The van der Waals surface area contributed by atoms with Gasteiger partial charge in [-0.05, 0) is 11.6 Å². The second-order valence-corrected chi connectivity index (χ2v) is 3.88. The minimum absolute atomic E-state index is 0.0112. The number of hydrogen-bond acceptors (Lipinski definition) is 4. The lowest BCUT2D eigenvalue weighted by atomic mass is 10.3. The van der Waals surface area contributed by atoms with Crippen LogP contribution in [0, 0.1) is 10.1 Å². The number of nitro groups is 1. The molecule has 8 heteroatoms. The van der Waals surface area contributed by atoms with Crippen LogP contribution in [-0.4, -0.2) is 16.8 Å². The van der Waals surface area contributed by atoms with Crippen molar-refractivity contribution in [2.75, 3.05) is 6.61 Å².